The first-order valence-electron chi connectivity index (χ1n) is 5.36. The van der Waals surface area contributed by atoms with Gasteiger partial charge in [0.05, 0.1) is 25.0 Å². The molecule has 6 heteroatoms. The minimum Gasteiger partial charge on any atom is -0.383 e. The van der Waals surface area contributed by atoms with Crippen molar-refractivity contribution < 1.29 is 4.74 Å². The van der Waals surface area contributed by atoms with Crippen molar-refractivity contribution in [3.63, 3.8) is 0 Å². The molecule has 2 aromatic rings. The van der Waals surface area contributed by atoms with Crippen LogP contribution in [0.3, 0.4) is 0 Å². The monoisotopic (exact) mass is 233 g/mol. The summed E-state index contributed by atoms with van der Waals surface area (Å²) < 4.78 is 6.79. The topological polar surface area (TPSA) is 64.9 Å². The van der Waals surface area contributed by atoms with Crippen LogP contribution in [0.5, 0.6) is 0 Å². The van der Waals surface area contributed by atoms with Gasteiger partial charge < -0.3 is 10.1 Å². The van der Waals surface area contributed by atoms with E-state index in [4.69, 9.17) is 4.74 Å². The molecule has 0 bridgehead atoms. The Hall–Kier alpha value is -1.95. The van der Waals surface area contributed by atoms with Gasteiger partial charge in [0.25, 0.3) is 0 Å². The lowest BCUT2D eigenvalue weighted by Gasteiger charge is -2.01. The van der Waals surface area contributed by atoms with E-state index in [-0.39, 0.29) is 0 Å². The molecule has 90 valence electrons. The summed E-state index contributed by atoms with van der Waals surface area (Å²) in [6.07, 6.45) is 5.35. The van der Waals surface area contributed by atoms with Crippen molar-refractivity contribution >= 4 is 11.6 Å². The summed E-state index contributed by atoms with van der Waals surface area (Å²) >= 11 is 0. The summed E-state index contributed by atoms with van der Waals surface area (Å²) in [4.78, 5) is 8.38. The Bertz CT molecular complexity index is 482. The van der Waals surface area contributed by atoms with E-state index in [1.807, 2.05) is 23.9 Å². The summed E-state index contributed by atoms with van der Waals surface area (Å²) in [5, 5.41) is 7.29. The third-order valence-corrected chi connectivity index (χ3v) is 2.21. The largest absolute Gasteiger partial charge is 0.383 e. The maximum Gasteiger partial charge on any atom is 0.227 e. The molecule has 0 saturated heterocycles. The molecule has 0 spiro atoms. The molecule has 0 aliphatic carbocycles. The summed E-state index contributed by atoms with van der Waals surface area (Å²) in [6, 6.07) is 1.85. The molecule has 0 radical (unpaired) electrons. The van der Waals surface area contributed by atoms with Crippen molar-refractivity contribution in [2.24, 2.45) is 0 Å². The van der Waals surface area contributed by atoms with Crippen LogP contribution in [-0.4, -0.2) is 33.5 Å². The zero-order chi connectivity index (χ0) is 12.1. The van der Waals surface area contributed by atoms with Crippen molar-refractivity contribution in [2.75, 3.05) is 19.0 Å². The maximum atomic E-state index is 4.98. The zero-order valence-corrected chi connectivity index (χ0v) is 9.92. The van der Waals surface area contributed by atoms with Gasteiger partial charge in [-0.1, -0.05) is 0 Å². The van der Waals surface area contributed by atoms with E-state index in [1.54, 1.807) is 19.5 Å². The van der Waals surface area contributed by atoms with Gasteiger partial charge in [-0.2, -0.15) is 5.10 Å². The SMILES string of the molecule is COCCn1cc(Nc2nccc(C)n2)cn1. The highest BCUT2D eigenvalue weighted by molar-refractivity contribution is 5.50. The second-order valence-corrected chi connectivity index (χ2v) is 3.63. The zero-order valence-electron chi connectivity index (χ0n) is 9.92. The van der Waals surface area contributed by atoms with E-state index in [2.05, 4.69) is 20.4 Å². The molecule has 0 atom stereocenters. The summed E-state index contributed by atoms with van der Waals surface area (Å²) in [5.41, 5.74) is 1.79. The summed E-state index contributed by atoms with van der Waals surface area (Å²) in [5.74, 6) is 0.580. The second kappa shape index (κ2) is 5.40. The number of rotatable bonds is 5. The molecule has 0 aliphatic rings. The number of anilines is 2. The number of hydrogen-bond acceptors (Lipinski definition) is 5. The molecule has 0 saturated carbocycles. The van der Waals surface area contributed by atoms with Crippen LogP contribution in [0.4, 0.5) is 11.6 Å². The lowest BCUT2D eigenvalue weighted by atomic mass is 10.4. The predicted molar refractivity (Wildman–Crippen MR) is 64.2 cm³/mol. The highest BCUT2D eigenvalue weighted by atomic mass is 16.5. The van der Waals surface area contributed by atoms with Crippen molar-refractivity contribution in [2.45, 2.75) is 13.5 Å². The quantitative estimate of drug-likeness (QED) is 0.845. The average Bonchev–Trinajstić information content (AvgIpc) is 2.74. The van der Waals surface area contributed by atoms with Gasteiger partial charge in [0, 0.05) is 25.2 Å². The maximum absolute atomic E-state index is 4.98. The van der Waals surface area contributed by atoms with Crippen LogP contribution in [0.25, 0.3) is 0 Å². The van der Waals surface area contributed by atoms with Gasteiger partial charge in [0.15, 0.2) is 0 Å². The van der Waals surface area contributed by atoms with E-state index >= 15 is 0 Å². The Morgan fingerprint density at radius 1 is 1.47 bits per heavy atom. The van der Waals surface area contributed by atoms with Gasteiger partial charge in [-0.3, -0.25) is 4.68 Å². The Balaban J connectivity index is 2.01. The fourth-order valence-corrected chi connectivity index (χ4v) is 1.37. The lowest BCUT2D eigenvalue weighted by Crippen LogP contribution is -2.04. The highest BCUT2D eigenvalue weighted by Gasteiger charge is 2.01. The first-order valence-corrected chi connectivity index (χ1v) is 5.36. The number of nitrogens with zero attached hydrogens (tertiary/aromatic N) is 4. The van der Waals surface area contributed by atoms with Crippen LogP contribution in [0.2, 0.25) is 0 Å². The number of hydrogen-bond donors (Lipinski definition) is 1. The minimum absolute atomic E-state index is 0.580. The molecule has 1 N–H and O–H groups in total. The van der Waals surface area contributed by atoms with E-state index in [9.17, 15) is 0 Å². The van der Waals surface area contributed by atoms with Crippen molar-refractivity contribution in [3.8, 4) is 0 Å². The molecule has 0 amide bonds. The first-order chi connectivity index (χ1) is 8.28. The predicted octanol–water partition coefficient (Wildman–Crippen LogP) is 1.37. The number of ether oxygens (including phenoxy) is 1. The number of nitrogens with one attached hydrogen (secondary N) is 1. The van der Waals surface area contributed by atoms with Crippen LogP contribution >= 0.6 is 0 Å². The van der Waals surface area contributed by atoms with Gasteiger partial charge in [0.1, 0.15) is 0 Å². The Kier molecular flexibility index (Phi) is 3.66. The Morgan fingerprint density at radius 2 is 2.35 bits per heavy atom. The van der Waals surface area contributed by atoms with Gasteiger partial charge in [-0.25, -0.2) is 9.97 Å². The average molecular weight is 233 g/mol. The molecule has 6 nitrogen and oxygen atoms in total. The molecule has 0 aliphatic heterocycles. The van der Waals surface area contributed by atoms with Crippen molar-refractivity contribution in [1.82, 2.24) is 19.7 Å². The lowest BCUT2D eigenvalue weighted by molar-refractivity contribution is 0.183. The summed E-state index contributed by atoms with van der Waals surface area (Å²) in [7, 11) is 1.67. The standard InChI is InChI=1S/C11H15N5O/c1-9-3-4-12-11(14-9)15-10-7-13-16(8-10)5-6-17-2/h3-4,7-8H,5-6H2,1-2H3,(H,12,14,15). The second-order valence-electron chi connectivity index (χ2n) is 3.63. The fourth-order valence-electron chi connectivity index (χ4n) is 1.37. The number of methoxy groups -OCH3 is 1. The molecular formula is C11H15N5O. The van der Waals surface area contributed by atoms with Gasteiger partial charge in [-0.15, -0.1) is 0 Å². The van der Waals surface area contributed by atoms with Gasteiger partial charge in [0.2, 0.25) is 5.95 Å². The van der Waals surface area contributed by atoms with Gasteiger partial charge in [-0.05, 0) is 13.0 Å². The molecule has 0 fully saturated rings. The van der Waals surface area contributed by atoms with E-state index in [1.165, 1.54) is 0 Å². The van der Waals surface area contributed by atoms with Crippen LogP contribution in [-0.2, 0) is 11.3 Å². The third kappa shape index (κ3) is 3.25. The summed E-state index contributed by atoms with van der Waals surface area (Å²) in [6.45, 7) is 3.30. The van der Waals surface area contributed by atoms with E-state index in [0.29, 0.717) is 12.6 Å². The van der Waals surface area contributed by atoms with E-state index in [0.717, 1.165) is 17.9 Å². The Labute approximate surface area is 99.7 Å². The van der Waals surface area contributed by atoms with Crippen molar-refractivity contribution in [1.29, 1.82) is 0 Å². The minimum atomic E-state index is 0.580. The van der Waals surface area contributed by atoms with Crippen molar-refractivity contribution in [3.05, 3.63) is 30.4 Å². The molecular weight excluding hydrogens is 218 g/mol. The molecule has 0 aromatic carbocycles. The molecule has 2 heterocycles. The molecule has 0 unspecified atom stereocenters. The first kappa shape index (κ1) is 11.5. The highest BCUT2D eigenvalue weighted by Crippen LogP contribution is 2.11. The van der Waals surface area contributed by atoms with Crippen LogP contribution in [0.15, 0.2) is 24.7 Å². The Morgan fingerprint density at radius 3 is 3.12 bits per heavy atom. The van der Waals surface area contributed by atoms with E-state index < -0.39 is 0 Å². The van der Waals surface area contributed by atoms with Gasteiger partial charge >= 0.3 is 0 Å². The fraction of sp³-hybridized carbons (Fsp3) is 0.364. The van der Waals surface area contributed by atoms with Crippen LogP contribution < -0.4 is 5.32 Å². The molecule has 2 rings (SSSR count). The third-order valence-electron chi connectivity index (χ3n) is 2.21. The molecule has 17 heavy (non-hydrogen) atoms. The number of aromatic nitrogens is 4. The number of aryl methyl sites for hydroxylation is 1. The smallest absolute Gasteiger partial charge is 0.227 e. The van der Waals surface area contributed by atoms with Crippen LogP contribution in [0, 0.1) is 6.92 Å². The van der Waals surface area contributed by atoms with Crippen LogP contribution in [0.1, 0.15) is 5.69 Å². The molecule has 2 aromatic heterocycles. The normalized spacial score (nSPS) is 10.5.